The van der Waals surface area contributed by atoms with Gasteiger partial charge in [0.15, 0.2) is 0 Å². The minimum absolute atomic E-state index is 0.110. The van der Waals surface area contributed by atoms with Crippen LogP contribution in [0.5, 0.6) is 11.6 Å². The molecule has 4 heteroatoms. The summed E-state index contributed by atoms with van der Waals surface area (Å²) >= 11 is 0. The van der Waals surface area contributed by atoms with Crippen molar-refractivity contribution in [3.8, 4) is 11.6 Å². The Balaban J connectivity index is 2.08. The molecule has 1 aromatic rings. The van der Waals surface area contributed by atoms with Crippen LogP contribution in [0.15, 0.2) is 0 Å². The summed E-state index contributed by atoms with van der Waals surface area (Å²) in [6.07, 6.45) is 3.00. The Morgan fingerprint density at radius 1 is 1.35 bits per heavy atom. The van der Waals surface area contributed by atoms with Crippen LogP contribution in [0.2, 0.25) is 0 Å². The predicted molar refractivity (Wildman–Crippen MR) is 62.7 cm³/mol. The molecule has 0 spiro atoms. The second-order valence-corrected chi connectivity index (χ2v) is 4.37. The predicted octanol–water partition coefficient (Wildman–Crippen LogP) is 2.05. The first kappa shape index (κ1) is 10.8. The summed E-state index contributed by atoms with van der Waals surface area (Å²) in [5.74, 6) is 1.72. The molecule has 0 amide bonds. The van der Waals surface area contributed by atoms with Crippen LogP contribution in [-0.2, 0) is 17.6 Å². The summed E-state index contributed by atoms with van der Waals surface area (Å²) in [4.78, 5) is 4.62. The van der Waals surface area contributed by atoms with Crippen molar-refractivity contribution in [2.75, 3.05) is 20.3 Å². The molecular formula is C13H17NO3. The SMILES string of the molecule is CCOC1CCc2c1nc1c(c2OC)CCO1. The highest BCUT2D eigenvalue weighted by Crippen LogP contribution is 2.44. The van der Waals surface area contributed by atoms with Gasteiger partial charge in [-0.3, -0.25) is 0 Å². The Hall–Kier alpha value is -1.29. The molecule has 0 N–H and O–H groups in total. The van der Waals surface area contributed by atoms with E-state index >= 15 is 0 Å². The summed E-state index contributed by atoms with van der Waals surface area (Å²) in [6.45, 7) is 3.44. The molecule has 1 atom stereocenters. The standard InChI is InChI=1S/C13H17NO3/c1-3-16-10-5-4-8-11(10)14-13-9(6-7-17-13)12(8)15-2/h10H,3-7H2,1-2H3. The van der Waals surface area contributed by atoms with E-state index in [1.165, 1.54) is 5.56 Å². The second kappa shape index (κ2) is 4.18. The van der Waals surface area contributed by atoms with E-state index in [9.17, 15) is 0 Å². The van der Waals surface area contributed by atoms with Crippen molar-refractivity contribution in [1.29, 1.82) is 0 Å². The van der Waals surface area contributed by atoms with Crippen LogP contribution in [-0.4, -0.2) is 25.3 Å². The fraction of sp³-hybridized carbons (Fsp3) is 0.615. The number of aromatic nitrogens is 1. The van der Waals surface area contributed by atoms with Crippen molar-refractivity contribution < 1.29 is 14.2 Å². The van der Waals surface area contributed by atoms with E-state index in [2.05, 4.69) is 4.98 Å². The zero-order valence-electron chi connectivity index (χ0n) is 10.3. The number of hydrogen-bond acceptors (Lipinski definition) is 4. The van der Waals surface area contributed by atoms with Crippen molar-refractivity contribution in [2.24, 2.45) is 0 Å². The van der Waals surface area contributed by atoms with Crippen LogP contribution in [0.4, 0.5) is 0 Å². The maximum Gasteiger partial charge on any atom is 0.220 e. The first-order chi connectivity index (χ1) is 8.35. The van der Waals surface area contributed by atoms with Gasteiger partial charge in [0.25, 0.3) is 0 Å². The molecule has 92 valence electrons. The summed E-state index contributed by atoms with van der Waals surface area (Å²) in [6, 6.07) is 0. The third-order valence-electron chi connectivity index (χ3n) is 3.46. The normalized spacial score (nSPS) is 20.9. The van der Waals surface area contributed by atoms with Gasteiger partial charge in [-0.1, -0.05) is 0 Å². The monoisotopic (exact) mass is 235 g/mol. The van der Waals surface area contributed by atoms with Crippen LogP contribution in [0, 0.1) is 0 Å². The molecule has 2 heterocycles. The second-order valence-electron chi connectivity index (χ2n) is 4.37. The quantitative estimate of drug-likeness (QED) is 0.804. The lowest BCUT2D eigenvalue weighted by atomic mass is 10.1. The van der Waals surface area contributed by atoms with E-state index in [1.807, 2.05) is 6.92 Å². The lowest BCUT2D eigenvalue weighted by molar-refractivity contribution is 0.0609. The van der Waals surface area contributed by atoms with Crippen molar-refractivity contribution in [2.45, 2.75) is 32.3 Å². The number of nitrogens with zero attached hydrogens (tertiary/aromatic N) is 1. The lowest BCUT2D eigenvalue weighted by Gasteiger charge is -2.14. The summed E-state index contributed by atoms with van der Waals surface area (Å²) < 4.78 is 16.8. The van der Waals surface area contributed by atoms with Crippen molar-refractivity contribution in [3.63, 3.8) is 0 Å². The summed E-state index contributed by atoms with van der Waals surface area (Å²) in [5, 5.41) is 0. The zero-order valence-corrected chi connectivity index (χ0v) is 10.3. The molecule has 0 aromatic carbocycles. The third-order valence-corrected chi connectivity index (χ3v) is 3.46. The van der Waals surface area contributed by atoms with Gasteiger partial charge in [-0.15, -0.1) is 0 Å². The third kappa shape index (κ3) is 1.59. The highest BCUT2D eigenvalue weighted by atomic mass is 16.5. The molecule has 2 aliphatic rings. The van der Waals surface area contributed by atoms with Crippen molar-refractivity contribution >= 4 is 0 Å². The van der Waals surface area contributed by atoms with E-state index in [0.29, 0.717) is 13.2 Å². The van der Waals surface area contributed by atoms with Gasteiger partial charge in [0.2, 0.25) is 5.88 Å². The Morgan fingerprint density at radius 2 is 2.24 bits per heavy atom. The molecule has 0 saturated carbocycles. The molecule has 1 aliphatic heterocycles. The van der Waals surface area contributed by atoms with E-state index in [0.717, 1.165) is 42.1 Å². The van der Waals surface area contributed by atoms with Crippen LogP contribution < -0.4 is 9.47 Å². The van der Waals surface area contributed by atoms with Crippen LogP contribution in [0.1, 0.15) is 36.3 Å². The number of hydrogen-bond donors (Lipinski definition) is 0. The van der Waals surface area contributed by atoms with Gasteiger partial charge in [-0.2, -0.15) is 0 Å². The van der Waals surface area contributed by atoms with Gasteiger partial charge >= 0.3 is 0 Å². The largest absolute Gasteiger partial charge is 0.496 e. The van der Waals surface area contributed by atoms with E-state index in [-0.39, 0.29) is 6.10 Å². The fourth-order valence-electron chi connectivity index (χ4n) is 2.76. The first-order valence-electron chi connectivity index (χ1n) is 6.19. The summed E-state index contributed by atoms with van der Waals surface area (Å²) in [5.41, 5.74) is 3.36. The minimum atomic E-state index is 0.110. The number of ether oxygens (including phenoxy) is 3. The topological polar surface area (TPSA) is 40.6 Å². The van der Waals surface area contributed by atoms with Gasteiger partial charge < -0.3 is 14.2 Å². The van der Waals surface area contributed by atoms with Crippen LogP contribution in [0.25, 0.3) is 0 Å². The zero-order chi connectivity index (χ0) is 11.8. The average Bonchev–Trinajstić information content (AvgIpc) is 2.94. The molecule has 1 aliphatic carbocycles. The minimum Gasteiger partial charge on any atom is -0.496 e. The van der Waals surface area contributed by atoms with E-state index in [4.69, 9.17) is 14.2 Å². The Bertz CT molecular complexity index is 445. The molecule has 1 unspecified atom stereocenters. The van der Waals surface area contributed by atoms with Gasteiger partial charge in [0.05, 0.1) is 25.0 Å². The van der Waals surface area contributed by atoms with Crippen LogP contribution in [0.3, 0.4) is 0 Å². The highest BCUT2D eigenvalue weighted by molar-refractivity contribution is 5.52. The maximum absolute atomic E-state index is 5.71. The van der Waals surface area contributed by atoms with Gasteiger partial charge in [0, 0.05) is 18.6 Å². The van der Waals surface area contributed by atoms with Crippen molar-refractivity contribution in [3.05, 3.63) is 16.8 Å². The Labute approximate surface area is 101 Å². The molecule has 0 saturated heterocycles. The molecule has 17 heavy (non-hydrogen) atoms. The van der Waals surface area contributed by atoms with E-state index < -0.39 is 0 Å². The van der Waals surface area contributed by atoms with Gasteiger partial charge in [-0.25, -0.2) is 4.98 Å². The van der Waals surface area contributed by atoms with Crippen molar-refractivity contribution in [1.82, 2.24) is 4.98 Å². The molecular weight excluding hydrogens is 218 g/mol. The number of fused-ring (bicyclic) bond motifs is 2. The average molecular weight is 235 g/mol. The highest BCUT2D eigenvalue weighted by Gasteiger charge is 2.32. The molecule has 0 bridgehead atoms. The fourth-order valence-corrected chi connectivity index (χ4v) is 2.76. The summed E-state index contributed by atoms with van der Waals surface area (Å²) in [7, 11) is 1.72. The van der Waals surface area contributed by atoms with Gasteiger partial charge in [0.1, 0.15) is 11.9 Å². The van der Waals surface area contributed by atoms with E-state index in [1.54, 1.807) is 7.11 Å². The number of pyridine rings is 1. The van der Waals surface area contributed by atoms with Gasteiger partial charge in [-0.05, 0) is 19.8 Å². The Kier molecular flexibility index (Phi) is 2.67. The number of rotatable bonds is 3. The maximum atomic E-state index is 5.71. The molecule has 1 aromatic heterocycles. The van der Waals surface area contributed by atoms with Crippen LogP contribution >= 0.6 is 0 Å². The first-order valence-corrected chi connectivity index (χ1v) is 6.19. The molecule has 0 fully saturated rings. The molecule has 0 radical (unpaired) electrons. The smallest absolute Gasteiger partial charge is 0.220 e. The molecule has 4 nitrogen and oxygen atoms in total. The lowest BCUT2D eigenvalue weighted by Crippen LogP contribution is -2.04. The molecule has 3 rings (SSSR count). The number of methoxy groups -OCH3 is 1. The Morgan fingerprint density at radius 3 is 3.00 bits per heavy atom.